The SMILES string of the molecule is CO[C@@H]1C[C@H](C[C@@H](C)[C@@H]2CC(=O)[C@H](C)/C=C(\C)[C@@H](O)[C@@H](OC)C(=O)[C@H](C)C[C@H](C)/C=C/C=C/C=C(\C)[C@H](OCCCC(=O)N(C)C)C[C@@H]3CC[C@@H](C)[C@@](O)(O3)C(=O)C(=O)N3CCCC[C@H]3C(=O)O2)CC[C@H]1O. The number of ketones is 3. The molecule has 3 fully saturated rings. The highest BCUT2D eigenvalue weighted by Crippen LogP contribution is 2.38. The largest absolute Gasteiger partial charge is 0.460 e. The van der Waals surface area contributed by atoms with E-state index in [1.165, 1.54) is 16.9 Å². The van der Waals surface area contributed by atoms with E-state index in [0.717, 1.165) is 5.57 Å². The van der Waals surface area contributed by atoms with Gasteiger partial charge in [0, 0.05) is 78.5 Å². The van der Waals surface area contributed by atoms with Crippen molar-refractivity contribution in [3.05, 3.63) is 47.6 Å². The van der Waals surface area contributed by atoms with Crippen LogP contribution in [0, 0.1) is 35.5 Å². The summed E-state index contributed by atoms with van der Waals surface area (Å²) in [4.78, 5) is 86.4. The van der Waals surface area contributed by atoms with Crippen LogP contribution in [0.2, 0.25) is 0 Å². The lowest BCUT2D eigenvalue weighted by molar-refractivity contribution is -0.266. The Balaban J connectivity index is 1.72. The van der Waals surface area contributed by atoms with Crippen molar-refractivity contribution < 1.29 is 67.8 Å². The molecular formula is C56H88N2O14. The molecule has 3 heterocycles. The maximum Gasteiger partial charge on any atom is 0.329 e. The number of amides is 2. The van der Waals surface area contributed by atoms with Crippen LogP contribution in [0.5, 0.6) is 0 Å². The zero-order valence-electron chi connectivity index (χ0n) is 45.1. The Hall–Kier alpha value is -3.90. The van der Waals surface area contributed by atoms with Gasteiger partial charge in [-0.15, -0.1) is 0 Å². The van der Waals surface area contributed by atoms with Gasteiger partial charge in [-0.2, -0.15) is 0 Å². The van der Waals surface area contributed by atoms with Crippen LogP contribution < -0.4 is 0 Å². The molecule has 15 atom stereocenters. The van der Waals surface area contributed by atoms with Gasteiger partial charge in [0.05, 0.1) is 24.4 Å². The quantitative estimate of drug-likeness (QED) is 0.0933. The smallest absolute Gasteiger partial charge is 0.329 e. The molecule has 0 radical (unpaired) electrons. The third kappa shape index (κ3) is 16.8. The molecule has 0 aromatic heterocycles. The average molecular weight is 1010 g/mol. The number of hydrogen-bond acceptors (Lipinski definition) is 14. The van der Waals surface area contributed by atoms with Crippen molar-refractivity contribution in [1.29, 1.82) is 0 Å². The summed E-state index contributed by atoms with van der Waals surface area (Å²) < 4.78 is 30.1. The molecule has 0 aromatic carbocycles. The summed E-state index contributed by atoms with van der Waals surface area (Å²) in [5.41, 5.74) is 1.20. The zero-order valence-corrected chi connectivity index (χ0v) is 45.1. The molecule has 1 saturated carbocycles. The Labute approximate surface area is 428 Å². The summed E-state index contributed by atoms with van der Waals surface area (Å²) >= 11 is 0. The first-order valence-electron chi connectivity index (χ1n) is 26.5. The normalized spacial score (nSPS) is 37.6. The third-order valence-electron chi connectivity index (χ3n) is 15.5. The molecule has 16 nitrogen and oxygen atoms in total. The number of hydrogen-bond donors (Lipinski definition) is 3. The number of methoxy groups -OCH3 is 2. The van der Waals surface area contributed by atoms with E-state index >= 15 is 0 Å². The summed E-state index contributed by atoms with van der Waals surface area (Å²) in [7, 11) is 6.32. The fraction of sp³-hybridized carbons (Fsp3) is 0.750. The van der Waals surface area contributed by atoms with Crippen molar-refractivity contribution in [2.24, 2.45) is 35.5 Å². The third-order valence-corrected chi connectivity index (χ3v) is 15.5. The number of nitrogens with zero attached hydrogens (tertiary/aromatic N) is 2. The number of ether oxygens (including phenoxy) is 5. The van der Waals surface area contributed by atoms with Gasteiger partial charge in [-0.1, -0.05) is 71.1 Å². The predicted octanol–water partition coefficient (Wildman–Crippen LogP) is 6.42. The molecule has 72 heavy (non-hydrogen) atoms. The molecule has 2 bridgehead atoms. The Morgan fingerprint density at radius 1 is 0.903 bits per heavy atom. The Morgan fingerprint density at radius 3 is 2.31 bits per heavy atom. The minimum atomic E-state index is -2.49. The number of allylic oxidation sites excluding steroid dienone is 6. The number of piperidine rings is 1. The van der Waals surface area contributed by atoms with Gasteiger partial charge in [-0.05, 0) is 113 Å². The summed E-state index contributed by atoms with van der Waals surface area (Å²) in [6, 6.07) is -1.17. The zero-order chi connectivity index (χ0) is 53.4. The molecule has 0 spiro atoms. The molecule has 406 valence electrons. The van der Waals surface area contributed by atoms with E-state index in [9.17, 15) is 44.1 Å². The van der Waals surface area contributed by atoms with E-state index in [0.29, 0.717) is 69.8 Å². The first-order chi connectivity index (χ1) is 34.0. The van der Waals surface area contributed by atoms with Crippen molar-refractivity contribution in [3.63, 3.8) is 0 Å². The number of cyclic esters (lactones) is 1. The topological polar surface area (TPSA) is 216 Å². The van der Waals surface area contributed by atoms with Gasteiger partial charge in [-0.3, -0.25) is 24.0 Å². The first kappa shape index (κ1) is 60.7. The minimum absolute atomic E-state index is 0.0184. The van der Waals surface area contributed by atoms with Gasteiger partial charge in [0.15, 0.2) is 5.78 Å². The molecule has 0 aromatic rings. The maximum atomic E-state index is 14.5. The molecule has 2 amide bonds. The maximum absolute atomic E-state index is 14.5. The molecule has 0 unspecified atom stereocenters. The Bertz CT molecular complexity index is 1960. The lowest BCUT2D eigenvalue weighted by atomic mass is 9.78. The second-order valence-corrected chi connectivity index (χ2v) is 21.6. The fourth-order valence-corrected chi connectivity index (χ4v) is 10.7. The molecule has 2 saturated heterocycles. The number of Topliss-reactive ketones (excluding diaryl/α,β-unsaturated/α-hetero) is 3. The molecule has 4 aliphatic rings. The van der Waals surface area contributed by atoms with Crippen molar-refractivity contribution in [3.8, 4) is 0 Å². The van der Waals surface area contributed by atoms with Crippen molar-refractivity contribution in [1.82, 2.24) is 9.80 Å². The van der Waals surface area contributed by atoms with E-state index in [1.54, 1.807) is 55.0 Å². The average Bonchev–Trinajstić information content (AvgIpc) is 3.35. The summed E-state index contributed by atoms with van der Waals surface area (Å²) in [5.74, 6) is -8.34. The number of aliphatic hydroxyl groups is 3. The van der Waals surface area contributed by atoms with Crippen LogP contribution in [0.1, 0.15) is 138 Å². The van der Waals surface area contributed by atoms with Crippen LogP contribution in [-0.4, -0.2) is 156 Å². The van der Waals surface area contributed by atoms with Gasteiger partial charge in [0.25, 0.3) is 11.7 Å². The summed E-state index contributed by atoms with van der Waals surface area (Å²) in [5, 5.41) is 34.2. The van der Waals surface area contributed by atoms with Crippen molar-refractivity contribution in [2.45, 2.75) is 193 Å². The fourth-order valence-electron chi connectivity index (χ4n) is 10.7. The van der Waals surface area contributed by atoms with Gasteiger partial charge in [0.1, 0.15) is 30.1 Å². The Morgan fingerprint density at radius 2 is 1.62 bits per heavy atom. The number of rotatable bonds is 10. The number of esters is 1. The van der Waals surface area contributed by atoms with Crippen LogP contribution in [0.4, 0.5) is 0 Å². The second kappa shape index (κ2) is 28.7. The van der Waals surface area contributed by atoms with Gasteiger partial charge >= 0.3 is 5.97 Å². The monoisotopic (exact) mass is 1010 g/mol. The Kier molecular flexibility index (Phi) is 24.2. The van der Waals surface area contributed by atoms with E-state index in [4.69, 9.17) is 23.7 Å². The van der Waals surface area contributed by atoms with Crippen molar-refractivity contribution >= 4 is 35.1 Å². The van der Waals surface area contributed by atoms with Crippen LogP contribution in [0.3, 0.4) is 0 Å². The van der Waals surface area contributed by atoms with Crippen LogP contribution in [0.15, 0.2) is 47.6 Å². The minimum Gasteiger partial charge on any atom is -0.460 e. The molecular weight excluding hydrogens is 925 g/mol. The van der Waals surface area contributed by atoms with Gasteiger partial charge in [0.2, 0.25) is 11.7 Å². The highest BCUT2D eigenvalue weighted by Gasteiger charge is 2.53. The standard InChI is InChI=1S/C56H88N2O14/c1-34-18-13-12-14-19-35(2)46(70-27-17-21-49(61)57(8)9)32-42-24-22-40(7)56(67,72-42)53(64)54(65)58-26-16-15-20-43(58)55(66)71-47(37(4)30-41-23-25-44(59)48(31-41)68-10)33-45(60)36(3)29-39(6)51(63)52(69-11)50(62)38(5)28-34/h12-14,18-19,29,34,36-38,40-44,46-48,51-52,59,63,67H,15-17,20-28,30-33H2,1-11H3/b14-12+,18-13+,35-19+,39-29+/t34-,36-,37-,38-,40-,41+,42+,43+,44-,46-,47+,48-,51-,52+,56-/m1/s1. The van der Waals surface area contributed by atoms with Crippen LogP contribution in [0.25, 0.3) is 0 Å². The predicted molar refractivity (Wildman–Crippen MR) is 272 cm³/mol. The first-order valence-corrected chi connectivity index (χ1v) is 26.5. The number of aliphatic hydroxyl groups excluding tert-OH is 2. The summed E-state index contributed by atoms with van der Waals surface area (Å²) in [6.45, 7) is 12.9. The highest BCUT2D eigenvalue weighted by atomic mass is 16.6. The van der Waals surface area contributed by atoms with Crippen LogP contribution in [-0.2, 0) is 52.5 Å². The number of carbonyl (C=O) groups is 6. The van der Waals surface area contributed by atoms with Gasteiger partial charge in [-0.25, -0.2) is 4.79 Å². The summed E-state index contributed by atoms with van der Waals surface area (Å²) in [6.07, 6.45) is 11.2. The molecule has 1 aliphatic carbocycles. The van der Waals surface area contributed by atoms with E-state index in [2.05, 4.69) is 0 Å². The van der Waals surface area contributed by atoms with Crippen LogP contribution >= 0.6 is 0 Å². The van der Waals surface area contributed by atoms with Gasteiger partial charge < -0.3 is 48.8 Å². The molecule has 4 rings (SSSR count). The van der Waals surface area contributed by atoms with E-state index in [1.807, 2.05) is 51.2 Å². The number of fused-ring (bicyclic) bond motifs is 3. The highest BCUT2D eigenvalue weighted by molar-refractivity contribution is 6.39. The lowest BCUT2D eigenvalue weighted by Gasteiger charge is -2.43. The van der Waals surface area contributed by atoms with E-state index in [-0.39, 0.29) is 80.2 Å². The lowest BCUT2D eigenvalue weighted by Crippen LogP contribution is -2.61. The second-order valence-electron chi connectivity index (χ2n) is 21.6. The van der Waals surface area contributed by atoms with Crippen molar-refractivity contribution in [2.75, 3.05) is 41.5 Å². The molecule has 3 aliphatic heterocycles. The molecule has 3 N–H and O–H groups in total. The number of carbonyl (C=O) groups excluding carboxylic acids is 6. The van der Waals surface area contributed by atoms with E-state index < -0.39 is 83.9 Å². The molecule has 16 heteroatoms.